The quantitative estimate of drug-likeness (QED) is 0.705. The van der Waals surface area contributed by atoms with Crippen molar-refractivity contribution in [1.82, 2.24) is 5.32 Å². The predicted octanol–water partition coefficient (Wildman–Crippen LogP) is 1.09. The van der Waals surface area contributed by atoms with Gasteiger partial charge in [-0.3, -0.25) is 4.79 Å². The Morgan fingerprint density at radius 2 is 2.07 bits per heavy atom. The third-order valence-electron chi connectivity index (χ3n) is 2.00. The molecule has 0 aliphatic carbocycles. The number of rotatable bonds is 1. The number of hydrogen-bond donors (Lipinski definition) is 1. The molecule has 0 saturated carbocycles. The van der Waals surface area contributed by atoms with Crippen molar-refractivity contribution in [3.8, 4) is 0 Å². The Balaban J connectivity index is 2.67. The highest BCUT2D eigenvalue weighted by molar-refractivity contribution is 5.81. The molecular weight excluding hydrogens is 199 g/mol. The first-order valence-electron chi connectivity index (χ1n) is 4.32. The fraction of sp³-hybridized carbons (Fsp3) is 0.875. The molecule has 1 fully saturated rings. The molecular formula is C8H12F3NO2. The van der Waals surface area contributed by atoms with Crippen LogP contribution >= 0.6 is 0 Å². The van der Waals surface area contributed by atoms with E-state index in [9.17, 15) is 18.0 Å². The van der Waals surface area contributed by atoms with Gasteiger partial charge in [0.25, 0.3) is 0 Å². The van der Waals surface area contributed by atoms with Gasteiger partial charge in [-0.25, -0.2) is 0 Å². The van der Waals surface area contributed by atoms with E-state index < -0.39 is 30.8 Å². The first-order valence-corrected chi connectivity index (χ1v) is 4.32. The number of hydrogen-bond acceptors (Lipinski definition) is 2. The van der Waals surface area contributed by atoms with Crippen LogP contribution in [0.2, 0.25) is 0 Å². The molecule has 3 nitrogen and oxygen atoms in total. The second-order valence-corrected chi connectivity index (χ2v) is 3.58. The number of halogens is 3. The van der Waals surface area contributed by atoms with E-state index in [1.807, 2.05) is 0 Å². The third-order valence-corrected chi connectivity index (χ3v) is 2.00. The topological polar surface area (TPSA) is 38.3 Å². The fourth-order valence-electron chi connectivity index (χ4n) is 1.23. The van der Waals surface area contributed by atoms with Gasteiger partial charge in [0.2, 0.25) is 5.91 Å². The number of nitrogens with one attached hydrogen (secondary N) is 1. The summed E-state index contributed by atoms with van der Waals surface area (Å²) in [6, 6.07) is 0. The Kier molecular flexibility index (Phi) is 3.04. The maximum Gasteiger partial charge on any atom is 0.416 e. The van der Waals surface area contributed by atoms with Crippen LogP contribution in [-0.4, -0.2) is 30.8 Å². The van der Waals surface area contributed by atoms with Crippen molar-refractivity contribution < 1.29 is 22.7 Å². The van der Waals surface area contributed by atoms with Gasteiger partial charge in [-0.1, -0.05) is 13.8 Å². The van der Waals surface area contributed by atoms with Crippen molar-refractivity contribution in [2.75, 3.05) is 6.54 Å². The summed E-state index contributed by atoms with van der Waals surface area (Å²) in [5.41, 5.74) is 0. The minimum absolute atomic E-state index is 0.264. The van der Waals surface area contributed by atoms with E-state index in [0.29, 0.717) is 0 Å². The largest absolute Gasteiger partial charge is 0.416 e. The van der Waals surface area contributed by atoms with Crippen molar-refractivity contribution in [1.29, 1.82) is 0 Å². The molecule has 1 saturated heterocycles. The summed E-state index contributed by atoms with van der Waals surface area (Å²) in [6.07, 6.45) is -7.30. The highest BCUT2D eigenvalue weighted by atomic mass is 19.4. The maximum absolute atomic E-state index is 12.2. The smallest absolute Gasteiger partial charge is 0.354 e. The molecule has 82 valence electrons. The van der Waals surface area contributed by atoms with Crippen molar-refractivity contribution >= 4 is 5.91 Å². The first kappa shape index (κ1) is 11.3. The van der Waals surface area contributed by atoms with E-state index in [4.69, 9.17) is 0 Å². The Bertz CT molecular complexity index is 227. The van der Waals surface area contributed by atoms with Gasteiger partial charge >= 0.3 is 6.18 Å². The van der Waals surface area contributed by atoms with E-state index in [-0.39, 0.29) is 5.92 Å². The van der Waals surface area contributed by atoms with Gasteiger partial charge in [-0.15, -0.1) is 0 Å². The lowest BCUT2D eigenvalue weighted by atomic mass is 10.0. The van der Waals surface area contributed by atoms with Crippen LogP contribution in [0.5, 0.6) is 0 Å². The molecule has 0 aromatic heterocycles. The van der Waals surface area contributed by atoms with E-state index in [2.05, 4.69) is 10.1 Å². The van der Waals surface area contributed by atoms with E-state index in [0.717, 1.165) is 0 Å². The van der Waals surface area contributed by atoms with Crippen LogP contribution < -0.4 is 5.32 Å². The summed E-state index contributed by atoms with van der Waals surface area (Å²) in [7, 11) is 0. The van der Waals surface area contributed by atoms with Crippen LogP contribution in [0.1, 0.15) is 13.8 Å². The molecule has 14 heavy (non-hydrogen) atoms. The molecule has 6 heteroatoms. The van der Waals surface area contributed by atoms with Gasteiger partial charge in [0, 0.05) is 0 Å². The average Bonchev–Trinajstić information content (AvgIpc) is 2.02. The molecule has 1 amide bonds. The summed E-state index contributed by atoms with van der Waals surface area (Å²) in [4.78, 5) is 11.1. The van der Waals surface area contributed by atoms with Crippen LogP contribution in [0.3, 0.4) is 0 Å². The summed E-state index contributed by atoms with van der Waals surface area (Å²) in [5.74, 6) is -0.736. The van der Waals surface area contributed by atoms with Gasteiger partial charge in [0.1, 0.15) is 6.10 Å². The Hall–Kier alpha value is -0.780. The second-order valence-electron chi connectivity index (χ2n) is 3.58. The second kappa shape index (κ2) is 3.76. The molecule has 1 aliphatic heterocycles. The number of carbonyl (C=O) groups is 1. The highest BCUT2D eigenvalue weighted by Crippen LogP contribution is 2.27. The molecule has 1 aliphatic rings. The Morgan fingerprint density at radius 3 is 2.50 bits per heavy atom. The lowest BCUT2D eigenvalue weighted by molar-refractivity contribution is -0.241. The standard InChI is InChI=1S/C8H12F3NO2/c1-4(2)6-7(13)12-3-5(14-6)8(9,10)11/h4-6H,3H2,1-2H3,(H,12,13)/t5-,6+/m0/s1. The molecule has 0 aromatic rings. The van der Waals surface area contributed by atoms with Crippen LogP contribution in [0.15, 0.2) is 0 Å². The lowest BCUT2D eigenvalue weighted by Gasteiger charge is -2.32. The van der Waals surface area contributed by atoms with Gasteiger partial charge in [0.15, 0.2) is 6.10 Å². The Morgan fingerprint density at radius 1 is 1.50 bits per heavy atom. The van der Waals surface area contributed by atoms with E-state index >= 15 is 0 Å². The molecule has 0 aromatic carbocycles. The van der Waals surface area contributed by atoms with Crippen molar-refractivity contribution in [2.45, 2.75) is 32.2 Å². The molecule has 1 N–H and O–H groups in total. The molecule has 1 rings (SSSR count). The normalized spacial score (nSPS) is 29.1. The van der Waals surface area contributed by atoms with Crippen molar-refractivity contribution in [2.24, 2.45) is 5.92 Å². The summed E-state index contributed by atoms with van der Waals surface area (Å²) in [5, 5.41) is 2.19. The number of carbonyl (C=O) groups excluding carboxylic acids is 1. The number of ether oxygens (including phenoxy) is 1. The van der Waals surface area contributed by atoms with Crippen molar-refractivity contribution in [3.63, 3.8) is 0 Å². The maximum atomic E-state index is 12.2. The minimum Gasteiger partial charge on any atom is -0.354 e. The first-order chi connectivity index (χ1) is 6.32. The average molecular weight is 211 g/mol. The van der Waals surface area contributed by atoms with Crippen LogP contribution in [0.4, 0.5) is 13.2 Å². The monoisotopic (exact) mass is 211 g/mol. The summed E-state index contributed by atoms with van der Waals surface area (Å²) < 4.78 is 41.4. The number of morpholine rings is 1. The minimum atomic E-state index is -4.42. The highest BCUT2D eigenvalue weighted by Gasteiger charge is 2.46. The van der Waals surface area contributed by atoms with Gasteiger partial charge in [-0.05, 0) is 5.92 Å². The number of amides is 1. The molecule has 2 atom stereocenters. The SMILES string of the molecule is CC(C)[C@H]1O[C@H](C(F)(F)F)CNC1=O. The molecule has 0 radical (unpaired) electrons. The van der Waals surface area contributed by atoms with Gasteiger partial charge in [-0.2, -0.15) is 13.2 Å². The van der Waals surface area contributed by atoms with Crippen LogP contribution in [0, 0.1) is 5.92 Å². The zero-order valence-electron chi connectivity index (χ0n) is 7.89. The Labute approximate surface area is 79.6 Å². The molecule has 0 unspecified atom stereocenters. The predicted molar refractivity (Wildman–Crippen MR) is 42.6 cm³/mol. The number of alkyl halides is 3. The summed E-state index contributed by atoms with van der Waals surface area (Å²) >= 11 is 0. The van der Waals surface area contributed by atoms with Crippen molar-refractivity contribution in [3.05, 3.63) is 0 Å². The molecule has 0 bridgehead atoms. The third kappa shape index (κ3) is 2.37. The zero-order chi connectivity index (χ0) is 10.9. The summed E-state index contributed by atoms with van der Waals surface area (Å²) in [6.45, 7) is 2.79. The molecule has 0 spiro atoms. The van der Waals surface area contributed by atoms with E-state index in [1.54, 1.807) is 13.8 Å². The fourth-order valence-corrected chi connectivity index (χ4v) is 1.23. The zero-order valence-corrected chi connectivity index (χ0v) is 7.89. The van der Waals surface area contributed by atoms with E-state index in [1.165, 1.54) is 0 Å². The lowest BCUT2D eigenvalue weighted by Crippen LogP contribution is -2.55. The van der Waals surface area contributed by atoms with Gasteiger partial charge in [0.05, 0.1) is 6.54 Å². The van der Waals surface area contributed by atoms with Gasteiger partial charge < -0.3 is 10.1 Å². The molecule has 1 heterocycles. The van der Waals surface area contributed by atoms with Crippen LogP contribution in [0.25, 0.3) is 0 Å². The van der Waals surface area contributed by atoms with Crippen LogP contribution in [-0.2, 0) is 9.53 Å².